The molecule has 30 heavy (non-hydrogen) atoms. The van der Waals surface area contributed by atoms with Crippen LogP contribution in [0.15, 0.2) is 48.7 Å². The van der Waals surface area contributed by atoms with Gasteiger partial charge >= 0.3 is 0 Å². The highest BCUT2D eigenvalue weighted by Crippen LogP contribution is 2.28. The number of aromatic nitrogens is 1. The molecule has 2 aromatic rings. The highest BCUT2D eigenvalue weighted by atomic mass is 16.5. The van der Waals surface area contributed by atoms with Gasteiger partial charge in [0.2, 0.25) is 11.8 Å². The van der Waals surface area contributed by atoms with Gasteiger partial charge in [0.1, 0.15) is 12.7 Å². The third-order valence-electron chi connectivity index (χ3n) is 5.90. The number of pyridine rings is 1. The van der Waals surface area contributed by atoms with E-state index in [1.165, 1.54) is 0 Å². The number of carbonyl (C=O) groups is 2. The number of ether oxygens (including phenoxy) is 1. The monoisotopic (exact) mass is 409 g/mol. The van der Waals surface area contributed by atoms with Crippen molar-refractivity contribution in [2.45, 2.75) is 44.4 Å². The third-order valence-corrected chi connectivity index (χ3v) is 5.90. The summed E-state index contributed by atoms with van der Waals surface area (Å²) < 4.78 is 5.41. The zero-order valence-corrected chi connectivity index (χ0v) is 16.9. The lowest BCUT2D eigenvalue weighted by Crippen LogP contribution is -2.51. The fraction of sp³-hybridized carbons (Fsp3) is 0.435. The number of carbonyl (C=O) groups excluding carboxylic acids is 2. The lowest BCUT2D eigenvalue weighted by molar-refractivity contribution is -0.155. The predicted molar refractivity (Wildman–Crippen MR) is 111 cm³/mol. The van der Waals surface area contributed by atoms with Crippen molar-refractivity contribution in [1.29, 1.82) is 0 Å². The second-order valence-corrected chi connectivity index (χ2v) is 7.96. The van der Waals surface area contributed by atoms with Gasteiger partial charge in [-0.05, 0) is 42.7 Å². The molecule has 4 rings (SSSR count). The molecule has 2 atom stereocenters. The molecule has 2 amide bonds. The van der Waals surface area contributed by atoms with E-state index < -0.39 is 12.1 Å². The summed E-state index contributed by atoms with van der Waals surface area (Å²) in [7, 11) is 0. The van der Waals surface area contributed by atoms with Crippen LogP contribution in [0.1, 0.15) is 43.0 Å². The maximum absolute atomic E-state index is 12.5. The van der Waals surface area contributed by atoms with Crippen molar-refractivity contribution in [3.05, 3.63) is 59.9 Å². The topological polar surface area (TPSA) is 91.8 Å². The minimum absolute atomic E-state index is 0.00217. The molecular formula is C23H27N3O4. The summed E-state index contributed by atoms with van der Waals surface area (Å²) in [5.41, 5.74) is 2.14. The van der Waals surface area contributed by atoms with Gasteiger partial charge in [-0.15, -0.1) is 0 Å². The number of aliphatic hydroxyl groups is 1. The number of morpholine rings is 1. The number of aliphatic hydroxyl groups excluding tert-OH is 1. The second-order valence-electron chi connectivity index (χ2n) is 7.96. The first kappa shape index (κ1) is 20.5. The summed E-state index contributed by atoms with van der Waals surface area (Å²) in [6, 6.07) is 12.2. The van der Waals surface area contributed by atoms with Gasteiger partial charge in [0.25, 0.3) is 0 Å². The van der Waals surface area contributed by atoms with Crippen molar-refractivity contribution in [1.82, 2.24) is 9.88 Å². The first-order valence-corrected chi connectivity index (χ1v) is 10.5. The van der Waals surface area contributed by atoms with E-state index in [0.717, 1.165) is 31.4 Å². The molecule has 7 nitrogen and oxygen atoms in total. The standard InChI is InChI=1S/C23H27N3O4/c27-21-15-30-14-20(26(21)13-19-7-3-4-12-24-19)22(28)16-8-10-18(11-9-16)25-23(29)17-5-1-2-6-17/h3-4,7-12,17,20,22,28H,1-2,5-6,13-15H2,(H,25,29). The average Bonchev–Trinajstić information content (AvgIpc) is 3.31. The van der Waals surface area contributed by atoms with Crippen LogP contribution in [0.2, 0.25) is 0 Å². The number of benzene rings is 1. The maximum Gasteiger partial charge on any atom is 0.249 e. The Hall–Kier alpha value is -2.77. The van der Waals surface area contributed by atoms with Gasteiger partial charge in [0.05, 0.1) is 24.9 Å². The molecule has 1 aliphatic carbocycles. The largest absolute Gasteiger partial charge is 0.386 e. The van der Waals surface area contributed by atoms with E-state index in [1.54, 1.807) is 35.4 Å². The Balaban J connectivity index is 1.44. The fourth-order valence-electron chi connectivity index (χ4n) is 4.18. The van der Waals surface area contributed by atoms with Crippen molar-refractivity contribution in [3.63, 3.8) is 0 Å². The van der Waals surface area contributed by atoms with Gasteiger partial charge in [-0.3, -0.25) is 14.6 Å². The summed E-state index contributed by atoms with van der Waals surface area (Å²) in [5.74, 6) is -0.00849. The van der Waals surface area contributed by atoms with Crippen LogP contribution in [-0.2, 0) is 20.9 Å². The molecule has 0 spiro atoms. The minimum Gasteiger partial charge on any atom is -0.386 e. The van der Waals surface area contributed by atoms with Crippen LogP contribution >= 0.6 is 0 Å². The van der Waals surface area contributed by atoms with Crippen LogP contribution in [-0.4, -0.2) is 46.1 Å². The molecule has 1 saturated heterocycles. The Labute approximate surface area is 176 Å². The van der Waals surface area contributed by atoms with Crippen LogP contribution in [0.5, 0.6) is 0 Å². The van der Waals surface area contributed by atoms with Crippen LogP contribution in [0, 0.1) is 5.92 Å². The Morgan fingerprint density at radius 1 is 1.20 bits per heavy atom. The quantitative estimate of drug-likeness (QED) is 0.765. The molecule has 0 radical (unpaired) electrons. The van der Waals surface area contributed by atoms with Gasteiger partial charge in [-0.25, -0.2) is 0 Å². The minimum atomic E-state index is -0.905. The van der Waals surface area contributed by atoms with E-state index in [-0.39, 0.29) is 30.9 Å². The normalized spacial score (nSPS) is 20.9. The first-order valence-electron chi connectivity index (χ1n) is 10.5. The molecule has 1 saturated carbocycles. The maximum atomic E-state index is 12.5. The molecule has 2 aliphatic rings. The molecular weight excluding hydrogens is 382 g/mol. The molecule has 158 valence electrons. The molecule has 1 aliphatic heterocycles. The smallest absolute Gasteiger partial charge is 0.249 e. The highest BCUT2D eigenvalue weighted by Gasteiger charge is 2.35. The number of anilines is 1. The summed E-state index contributed by atoms with van der Waals surface area (Å²) in [5, 5.41) is 13.9. The second kappa shape index (κ2) is 9.36. The average molecular weight is 409 g/mol. The lowest BCUT2D eigenvalue weighted by Gasteiger charge is -2.38. The molecule has 1 aromatic carbocycles. The highest BCUT2D eigenvalue weighted by molar-refractivity contribution is 5.92. The predicted octanol–water partition coefficient (Wildman–Crippen LogP) is 2.67. The molecule has 2 unspecified atom stereocenters. The van der Waals surface area contributed by atoms with Crippen LogP contribution in [0.25, 0.3) is 0 Å². The zero-order valence-electron chi connectivity index (χ0n) is 16.9. The number of amides is 2. The number of rotatable bonds is 6. The number of hydrogen-bond acceptors (Lipinski definition) is 5. The van der Waals surface area contributed by atoms with E-state index in [0.29, 0.717) is 17.8 Å². The Bertz CT molecular complexity index is 866. The number of nitrogens with one attached hydrogen (secondary N) is 1. The van der Waals surface area contributed by atoms with Gasteiger partial charge in [0, 0.05) is 17.8 Å². The molecule has 7 heteroatoms. The van der Waals surface area contributed by atoms with E-state index in [2.05, 4.69) is 10.3 Å². The SMILES string of the molecule is O=C(Nc1ccc(C(O)C2COCC(=O)N2Cc2ccccn2)cc1)C1CCCC1. The Morgan fingerprint density at radius 3 is 2.67 bits per heavy atom. The van der Waals surface area contributed by atoms with Gasteiger partial charge in [-0.2, -0.15) is 0 Å². The summed E-state index contributed by atoms with van der Waals surface area (Å²) in [6.07, 6.45) is 4.90. The number of nitrogens with zero attached hydrogens (tertiary/aromatic N) is 2. The fourth-order valence-corrected chi connectivity index (χ4v) is 4.18. The summed E-state index contributed by atoms with van der Waals surface area (Å²) in [6.45, 7) is 0.572. The zero-order chi connectivity index (χ0) is 20.9. The molecule has 2 N–H and O–H groups in total. The molecule has 0 bridgehead atoms. The van der Waals surface area contributed by atoms with E-state index in [9.17, 15) is 14.7 Å². The lowest BCUT2D eigenvalue weighted by atomic mass is 9.99. The Morgan fingerprint density at radius 2 is 1.97 bits per heavy atom. The van der Waals surface area contributed by atoms with Gasteiger partial charge in [-0.1, -0.05) is 31.0 Å². The van der Waals surface area contributed by atoms with Crippen LogP contribution in [0.3, 0.4) is 0 Å². The number of hydrogen-bond donors (Lipinski definition) is 2. The van der Waals surface area contributed by atoms with E-state index in [1.807, 2.05) is 18.2 Å². The van der Waals surface area contributed by atoms with Gasteiger partial charge < -0.3 is 20.1 Å². The molecule has 2 fully saturated rings. The van der Waals surface area contributed by atoms with Crippen LogP contribution in [0.4, 0.5) is 5.69 Å². The van der Waals surface area contributed by atoms with Crippen molar-refractivity contribution in [2.24, 2.45) is 5.92 Å². The molecule has 1 aromatic heterocycles. The van der Waals surface area contributed by atoms with Crippen molar-refractivity contribution in [3.8, 4) is 0 Å². The van der Waals surface area contributed by atoms with Crippen LogP contribution < -0.4 is 5.32 Å². The summed E-state index contributed by atoms with van der Waals surface area (Å²) in [4.78, 5) is 30.7. The van der Waals surface area contributed by atoms with E-state index >= 15 is 0 Å². The molecule has 2 heterocycles. The van der Waals surface area contributed by atoms with Crippen molar-refractivity contribution in [2.75, 3.05) is 18.5 Å². The Kier molecular flexibility index (Phi) is 6.40. The summed E-state index contributed by atoms with van der Waals surface area (Å²) >= 11 is 0. The van der Waals surface area contributed by atoms with Gasteiger partial charge in [0.15, 0.2) is 0 Å². The van der Waals surface area contributed by atoms with Crippen molar-refractivity contribution >= 4 is 17.5 Å². The van der Waals surface area contributed by atoms with E-state index in [4.69, 9.17) is 4.74 Å². The van der Waals surface area contributed by atoms with Crippen molar-refractivity contribution < 1.29 is 19.4 Å². The third kappa shape index (κ3) is 4.68. The first-order chi connectivity index (χ1) is 14.6.